The minimum absolute atomic E-state index is 0.685. The Morgan fingerprint density at radius 3 is 3.00 bits per heavy atom. The molecule has 0 aromatic carbocycles. The standard InChI is InChI=1S/C11H19N3S/c1-3-10-5-4-8(2)14(10)6-9-7-15-11(12)13-9/h7-8,10H,3-6H2,1-2H3,(H2,12,13). The summed E-state index contributed by atoms with van der Waals surface area (Å²) in [4.78, 5) is 6.90. The quantitative estimate of drug-likeness (QED) is 0.859. The summed E-state index contributed by atoms with van der Waals surface area (Å²) >= 11 is 1.54. The Morgan fingerprint density at radius 1 is 1.60 bits per heavy atom. The first-order valence-electron chi connectivity index (χ1n) is 5.66. The molecule has 2 rings (SSSR count). The van der Waals surface area contributed by atoms with Gasteiger partial charge in [-0.3, -0.25) is 4.90 Å². The van der Waals surface area contributed by atoms with Crippen LogP contribution < -0.4 is 5.73 Å². The van der Waals surface area contributed by atoms with Gasteiger partial charge in [0.2, 0.25) is 0 Å². The van der Waals surface area contributed by atoms with Crippen LogP contribution in [0.1, 0.15) is 38.8 Å². The third kappa shape index (κ3) is 2.32. The number of nitrogens with zero attached hydrogens (tertiary/aromatic N) is 2. The van der Waals surface area contributed by atoms with E-state index in [4.69, 9.17) is 5.73 Å². The molecule has 0 aliphatic carbocycles. The van der Waals surface area contributed by atoms with Crippen molar-refractivity contribution >= 4 is 16.5 Å². The lowest BCUT2D eigenvalue weighted by Crippen LogP contribution is -2.33. The Bertz CT molecular complexity index is 323. The fourth-order valence-electron chi connectivity index (χ4n) is 2.43. The molecule has 0 bridgehead atoms. The number of hydrogen-bond donors (Lipinski definition) is 1. The number of hydrogen-bond acceptors (Lipinski definition) is 4. The van der Waals surface area contributed by atoms with Gasteiger partial charge in [-0.05, 0) is 26.2 Å². The van der Waals surface area contributed by atoms with Crippen LogP contribution >= 0.6 is 11.3 Å². The molecule has 0 spiro atoms. The van der Waals surface area contributed by atoms with Crippen LogP contribution in [0.2, 0.25) is 0 Å². The number of anilines is 1. The van der Waals surface area contributed by atoms with Crippen molar-refractivity contribution in [2.24, 2.45) is 0 Å². The lowest BCUT2D eigenvalue weighted by molar-refractivity contribution is 0.188. The zero-order valence-electron chi connectivity index (χ0n) is 9.44. The lowest BCUT2D eigenvalue weighted by Gasteiger charge is -2.26. The van der Waals surface area contributed by atoms with E-state index in [9.17, 15) is 0 Å². The third-order valence-corrected chi connectivity index (χ3v) is 4.06. The van der Waals surface area contributed by atoms with Gasteiger partial charge in [-0.2, -0.15) is 0 Å². The Hall–Kier alpha value is -0.610. The Balaban J connectivity index is 2.03. The van der Waals surface area contributed by atoms with Crippen LogP contribution in [-0.2, 0) is 6.54 Å². The molecule has 1 aliphatic rings. The lowest BCUT2D eigenvalue weighted by atomic mass is 10.1. The Kier molecular flexibility index (Phi) is 3.26. The van der Waals surface area contributed by atoms with E-state index in [2.05, 4.69) is 29.1 Å². The summed E-state index contributed by atoms with van der Waals surface area (Å²) in [5, 5.41) is 2.76. The Labute approximate surface area is 95.3 Å². The molecule has 2 heterocycles. The molecule has 0 amide bonds. The summed E-state index contributed by atoms with van der Waals surface area (Å²) in [7, 11) is 0. The van der Waals surface area contributed by atoms with Crippen LogP contribution in [0.25, 0.3) is 0 Å². The van der Waals surface area contributed by atoms with Gasteiger partial charge >= 0.3 is 0 Å². The molecular formula is C11H19N3S. The molecule has 0 radical (unpaired) electrons. The van der Waals surface area contributed by atoms with Crippen molar-refractivity contribution in [2.75, 3.05) is 5.73 Å². The highest BCUT2D eigenvalue weighted by Crippen LogP contribution is 2.28. The predicted octanol–water partition coefficient (Wildman–Crippen LogP) is 2.49. The zero-order valence-corrected chi connectivity index (χ0v) is 10.3. The van der Waals surface area contributed by atoms with Crippen molar-refractivity contribution in [2.45, 2.75) is 51.7 Å². The molecule has 1 aromatic heterocycles. The molecule has 3 nitrogen and oxygen atoms in total. The average Bonchev–Trinajstić information content (AvgIpc) is 2.76. The molecule has 4 heteroatoms. The molecule has 0 saturated carbocycles. The van der Waals surface area contributed by atoms with Crippen LogP contribution in [0, 0.1) is 0 Å². The minimum Gasteiger partial charge on any atom is -0.375 e. The summed E-state index contributed by atoms with van der Waals surface area (Å²) in [5.41, 5.74) is 6.77. The molecule has 15 heavy (non-hydrogen) atoms. The smallest absolute Gasteiger partial charge is 0.180 e. The van der Waals surface area contributed by atoms with E-state index in [0.29, 0.717) is 11.2 Å². The fraction of sp³-hybridized carbons (Fsp3) is 0.727. The summed E-state index contributed by atoms with van der Waals surface area (Å²) in [6.45, 7) is 5.55. The largest absolute Gasteiger partial charge is 0.375 e. The SMILES string of the molecule is CCC1CCC(C)N1Cc1csc(N)n1. The number of likely N-dealkylation sites (tertiary alicyclic amines) is 1. The van der Waals surface area contributed by atoms with E-state index < -0.39 is 0 Å². The van der Waals surface area contributed by atoms with E-state index in [1.165, 1.54) is 30.6 Å². The maximum atomic E-state index is 5.64. The second-order valence-electron chi connectivity index (χ2n) is 4.34. The van der Waals surface area contributed by atoms with Crippen LogP contribution in [0.3, 0.4) is 0 Å². The molecule has 2 N–H and O–H groups in total. The number of nitrogen functional groups attached to an aromatic ring is 1. The van der Waals surface area contributed by atoms with Crippen molar-refractivity contribution in [1.29, 1.82) is 0 Å². The van der Waals surface area contributed by atoms with Gasteiger partial charge in [-0.25, -0.2) is 4.98 Å². The zero-order chi connectivity index (χ0) is 10.8. The van der Waals surface area contributed by atoms with Crippen molar-refractivity contribution in [3.8, 4) is 0 Å². The minimum atomic E-state index is 0.685. The van der Waals surface area contributed by atoms with Crippen LogP contribution in [0.4, 0.5) is 5.13 Å². The van der Waals surface area contributed by atoms with E-state index in [1.807, 2.05) is 0 Å². The maximum absolute atomic E-state index is 5.64. The number of nitrogens with two attached hydrogens (primary N) is 1. The molecule has 2 unspecified atom stereocenters. The van der Waals surface area contributed by atoms with Gasteiger partial charge in [-0.1, -0.05) is 6.92 Å². The van der Waals surface area contributed by atoms with Gasteiger partial charge in [0, 0.05) is 24.0 Å². The first kappa shape index (κ1) is 10.9. The Morgan fingerprint density at radius 2 is 2.40 bits per heavy atom. The van der Waals surface area contributed by atoms with E-state index >= 15 is 0 Å². The predicted molar refractivity (Wildman–Crippen MR) is 64.8 cm³/mol. The maximum Gasteiger partial charge on any atom is 0.180 e. The van der Waals surface area contributed by atoms with Crippen LogP contribution in [0.15, 0.2) is 5.38 Å². The van der Waals surface area contributed by atoms with E-state index in [-0.39, 0.29) is 0 Å². The monoisotopic (exact) mass is 225 g/mol. The molecule has 1 saturated heterocycles. The topological polar surface area (TPSA) is 42.1 Å². The first-order valence-corrected chi connectivity index (χ1v) is 6.54. The van der Waals surface area contributed by atoms with Crippen molar-refractivity contribution in [1.82, 2.24) is 9.88 Å². The number of rotatable bonds is 3. The van der Waals surface area contributed by atoms with Gasteiger partial charge in [-0.15, -0.1) is 11.3 Å². The first-order chi connectivity index (χ1) is 7.20. The van der Waals surface area contributed by atoms with Gasteiger partial charge in [0.25, 0.3) is 0 Å². The molecule has 2 atom stereocenters. The average molecular weight is 225 g/mol. The van der Waals surface area contributed by atoms with Crippen molar-refractivity contribution in [3.63, 3.8) is 0 Å². The highest BCUT2D eigenvalue weighted by atomic mass is 32.1. The highest BCUT2D eigenvalue weighted by Gasteiger charge is 2.29. The fourth-order valence-corrected chi connectivity index (χ4v) is 2.98. The number of aromatic nitrogens is 1. The third-order valence-electron chi connectivity index (χ3n) is 3.34. The summed E-state index contributed by atoms with van der Waals surface area (Å²) in [6.07, 6.45) is 3.89. The van der Waals surface area contributed by atoms with Crippen LogP contribution in [-0.4, -0.2) is 22.0 Å². The second kappa shape index (κ2) is 4.49. The van der Waals surface area contributed by atoms with Crippen molar-refractivity contribution in [3.05, 3.63) is 11.1 Å². The molecular weight excluding hydrogens is 206 g/mol. The van der Waals surface area contributed by atoms with E-state index in [1.54, 1.807) is 0 Å². The van der Waals surface area contributed by atoms with Gasteiger partial charge in [0.1, 0.15) is 0 Å². The summed E-state index contributed by atoms with van der Waals surface area (Å²) in [6, 6.07) is 1.43. The molecule has 84 valence electrons. The molecule has 1 aromatic rings. The van der Waals surface area contributed by atoms with Gasteiger partial charge in [0.05, 0.1) is 5.69 Å². The molecule has 1 fully saturated rings. The normalized spacial score (nSPS) is 27.3. The van der Waals surface area contributed by atoms with Gasteiger partial charge in [0.15, 0.2) is 5.13 Å². The highest BCUT2D eigenvalue weighted by molar-refractivity contribution is 7.13. The van der Waals surface area contributed by atoms with Crippen LogP contribution in [0.5, 0.6) is 0 Å². The van der Waals surface area contributed by atoms with Crippen molar-refractivity contribution < 1.29 is 0 Å². The molecule has 1 aliphatic heterocycles. The second-order valence-corrected chi connectivity index (χ2v) is 5.23. The summed E-state index contributed by atoms with van der Waals surface area (Å²) in [5.74, 6) is 0. The number of thiazole rings is 1. The van der Waals surface area contributed by atoms with Gasteiger partial charge < -0.3 is 5.73 Å². The summed E-state index contributed by atoms with van der Waals surface area (Å²) < 4.78 is 0. The van der Waals surface area contributed by atoms with E-state index in [0.717, 1.165) is 18.3 Å².